The number of anilines is 1. The predicted octanol–water partition coefficient (Wildman–Crippen LogP) is 1.65. The topological polar surface area (TPSA) is 103 Å². The monoisotopic (exact) mass is 367 g/mol. The molecule has 0 atom stereocenters. The average Bonchev–Trinajstić information content (AvgIpc) is 3.31. The molecule has 1 aliphatic carbocycles. The van der Waals surface area contributed by atoms with Gasteiger partial charge in [-0.25, -0.2) is 8.78 Å². The van der Waals surface area contributed by atoms with Gasteiger partial charge in [-0.1, -0.05) is 11.8 Å². The first kappa shape index (κ1) is 17.3. The van der Waals surface area contributed by atoms with Crippen LogP contribution in [0.4, 0.5) is 14.5 Å². The highest BCUT2D eigenvalue weighted by atomic mass is 32.2. The summed E-state index contributed by atoms with van der Waals surface area (Å²) in [4.78, 5) is 23.2. The summed E-state index contributed by atoms with van der Waals surface area (Å²) in [5.41, 5.74) is 5.15. The molecule has 132 valence electrons. The standard InChI is InChI=1S/C15H15F2N5O2S/c16-9-3-4-11(10(17)5-9)19-13(24)7-25-15-21-20-14(8-1-2-8)22(15)6-12(18)23/h3-5,8H,1-2,6-7H2,(H2,18,23)(H,19,24). The van der Waals surface area contributed by atoms with E-state index in [1.165, 1.54) is 0 Å². The van der Waals surface area contributed by atoms with Crippen LogP contribution in [0.15, 0.2) is 23.4 Å². The molecule has 0 bridgehead atoms. The van der Waals surface area contributed by atoms with Crippen LogP contribution in [0.2, 0.25) is 0 Å². The molecule has 1 aliphatic rings. The van der Waals surface area contributed by atoms with E-state index in [4.69, 9.17) is 5.73 Å². The van der Waals surface area contributed by atoms with Crippen LogP contribution >= 0.6 is 11.8 Å². The molecule has 0 aliphatic heterocycles. The number of hydrogen-bond acceptors (Lipinski definition) is 5. The van der Waals surface area contributed by atoms with E-state index in [1.54, 1.807) is 4.57 Å². The lowest BCUT2D eigenvalue weighted by Crippen LogP contribution is -2.21. The number of carbonyl (C=O) groups is 2. The first-order valence-electron chi connectivity index (χ1n) is 7.53. The minimum Gasteiger partial charge on any atom is -0.368 e. The second-order valence-electron chi connectivity index (χ2n) is 5.63. The van der Waals surface area contributed by atoms with E-state index in [9.17, 15) is 18.4 Å². The lowest BCUT2D eigenvalue weighted by atomic mass is 10.3. The lowest BCUT2D eigenvalue weighted by Gasteiger charge is -2.08. The van der Waals surface area contributed by atoms with Crippen molar-refractivity contribution in [1.29, 1.82) is 0 Å². The summed E-state index contributed by atoms with van der Waals surface area (Å²) in [6, 6.07) is 2.89. The second kappa shape index (κ2) is 7.18. The van der Waals surface area contributed by atoms with Crippen LogP contribution in [-0.2, 0) is 16.1 Å². The SMILES string of the molecule is NC(=O)Cn1c(SCC(=O)Nc2ccc(F)cc2F)nnc1C1CC1. The van der Waals surface area contributed by atoms with Gasteiger partial charge in [-0.15, -0.1) is 10.2 Å². The van der Waals surface area contributed by atoms with Gasteiger partial charge in [-0.3, -0.25) is 14.2 Å². The number of thioether (sulfide) groups is 1. The van der Waals surface area contributed by atoms with Crippen molar-refractivity contribution >= 4 is 29.3 Å². The molecule has 25 heavy (non-hydrogen) atoms. The Morgan fingerprint density at radius 3 is 2.72 bits per heavy atom. The predicted molar refractivity (Wildman–Crippen MR) is 86.9 cm³/mol. The Balaban J connectivity index is 1.64. The van der Waals surface area contributed by atoms with Gasteiger partial charge in [0.05, 0.1) is 11.4 Å². The molecule has 3 N–H and O–H groups in total. The van der Waals surface area contributed by atoms with Crippen molar-refractivity contribution in [2.45, 2.75) is 30.5 Å². The van der Waals surface area contributed by atoms with Crippen molar-refractivity contribution in [1.82, 2.24) is 14.8 Å². The number of nitrogens with two attached hydrogens (primary N) is 1. The molecule has 2 aromatic rings. The molecule has 1 heterocycles. The fraction of sp³-hybridized carbons (Fsp3) is 0.333. The Morgan fingerprint density at radius 1 is 1.32 bits per heavy atom. The van der Waals surface area contributed by atoms with Crippen molar-refractivity contribution < 1.29 is 18.4 Å². The van der Waals surface area contributed by atoms with Crippen LogP contribution in [0.5, 0.6) is 0 Å². The molecule has 3 rings (SSSR count). The van der Waals surface area contributed by atoms with E-state index in [0.717, 1.165) is 36.7 Å². The molecule has 2 amide bonds. The third-order valence-electron chi connectivity index (χ3n) is 3.54. The molecule has 0 spiro atoms. The number of primary amides is 1. The third-order valence-corrected chi connectivity index (χ3v) is 4.51. The Bertz CT molecular complexity index is 822. The quantitative estimate of drug-likeness (QED) is 0.725. The minimum absolute atomic E-state index is 0.0601. The van der Waals surface area contributed by atoms with Gasteiger partial charge in [-0.05, 0) is 25.0 Å². The first-order chi connectivity index (χ1) is 11.9. The van der Waals surface area contributed by atoms with Gasteiger partial charge < -0.3 is 11.1 Å². The molecule has 1 aromatic carbocycles. The van der Waals surface area contributed by atoms with Gasteiger partial charge in [0.2, 0.25) is 11.8 Å². The molecule has 0 unspecified atom stereocenters. The summed E-state index contributed by atoms with van der Waals surface area (Å²) in [6.07, 6.45) is 1.96. The number of amides is 2. The fourth-order valence-electron chi connectivity index (χ4n) is 2.26. The zero-order valence-corrected chi connectivity index (χ0v) is 13.9. The molecular weight excluding hydrogens is 352 g/mol. The fourth-order valence-corrected chi connectivity index (χ4v) is 3.01. The number of halogens is 2. The Labute approximate surface area is 146 Å². The summed E-state index contributed by atoms with van der Waals surface area (Å²) in [5, 5.41) is 10.8. The zero-order chi connectivity index (χ0) is 18.0. The van der Waals surface area contributed by atoms with E-state index in [2.05, 4.69) is 15.5 Å². The molecule has 10 heteroatoms. The highest BCUT2D eigenvalue weighted by Gasteiger charge is 2.31. The van der Waals surface area contributed by atoms with Gasteiger partial charge >= 0.3 is 0 Å². The lowest BCUT2D eigenvalue weighted by molar-refractivity contribution is -0.118. The van der Waals surface area contributed by atoms with Gasteiger partial charge in [0, 0.05) is 12.0 Å². The molecule has 7 nitrogen and oxygen atoms in total. The maximum Gasteiger partial charge on any atom is 0.237 e. The van der Waals surface area contributed by atoms with Crippen LogP contribution in [0, 0.1) is 11.6 Å². The molecule has 1 aromatic heterocycles. The summed E-state index contributed by atoms with van der Waals surface area (Å²) in [7, 11) is 0. The Kier molecular flexibility index (Phi) is 4.98. The number of aromatic nitrogens is 3. The van der Waals surface area contributed by atoms with Gasteiger partial charge in [0.25, 0.3) is 0 Å². The highest BCUT2D eigenvalue weighted by Crippen LogP contribution is 2.40. The molecule has 0 radical (unpaired) electrons. The Morgan fingerprint density at radius 2 is 2.08 bits per heavy atom. The van der Waals surface area contributed by atoms with E-state index in [1.807, 2.05) is 0 Å². The van der Waals surface area contributed by atoms with Crippen molar-refractivity contribution in [2.75, 3.05) is 11.1 Å². The number of benzene rings is 1. The van der Waals surface area contributed by atoms with Gasteiger partial charge in [-0.2, -0.15) is 0 Å². The van der Waals surface area contributed by atoms with Crippen molar-refractivity contribution in [3.63, 3.8) is 0 Å². The molecule has 0 saturated heterocycles. The zero-order valence-electron chi connectivity index (χ0n) is 13.0. The van der Waals surface area contributed by atoms with Crippen LogP contribution < -0.4 is 11.1 Å². The minimum atomic E-state index is -0.855. The summed E-state index contributed by atoms with van der Waals surface area (Å²) >= 11 is 1.06. The van der Waals surface area contributed by atoms with Crippen LogP contribution in [0.25, 0.3) is 0 Å². The van der Waals surface area contributed by atoms with E-state index >= 15 is 0 Å². The summed E-state index contributed by atoms with van der Waals surface area (Å²) < 4.78 is 28.0. The molecule has 1 saturated carbocycles. The smallest absolute Gasteiger partial charge is 0.237 e. The maximum atomic E-state index is 13.5. The number of hydrogen-bond donors (Lipinski definition) is 2. The second-order valence-corrected chi connectivity index (χ2v) is 6.57. The van der Waals surface area contributed by atoms with Gasteiger partial charge in [0.1, 0.15) is 24.0 Å². The van der Waals surface area contributed by atoms with E-state index < -0.39 is 23.4 Å². The van der Waals surface area contributed by atoms with Crippen LogP contribution in [-0.4, -0.2) is 32.3 Å². The molecule has 1 fully saturated rings. The van der Waals surface area contributed by atoms with Gasteiger partial charge in [0.15, 0.2) is 5.16 Å². The highest BCUT2D eigenvalue weighted by molar-refractivity contribution is 7.99. The van der Waals surface area contributed by atoms with Crippen molar-refractivity contribution in [3.8, 4) is 0 Å². The number of rotatable bonds is 7. The van der Waals surface area contributed by atoms with Crippen LogP contribution in [0.3, 0.4) is 0 Å². The Hall–Kier alpha value is -2.49. The third kappa shape index (κ3) is 4.32. The number of nitrogens with one attached hydrogen (secondary N) is 1. The van der Waals surface area contributed by atoms with Crippen LogP contribution in [0.1, 0.15) is 24.6 Å². The normalized spacial score (nSPS) is 13.7. The first-order valence-corrected chi connectivity index (χ1v) is 8.51. The maximum absolute atomic E-state index is 13.5. The van der Waals surface area contributed by atoms with Crippen molar-refractivity contribution in [2.24, 2.45) is 5.73 Å². The number of carbonyl (C=O) groups excluding carboxylic acids is 2. The van der Waals surface area contributed by atoms with E-state index in [-0.39, 0.29) is 23.9 Å². The number of nitrogens with zero attached hydrogens (tertiary/aromatic N) is 3. The molecular formula is C15H15F2N5O2S. The largest absolute Gasteiger partial charge is 0.368 e. The van der Waals surface area contributed by atoms with Crippen molar-refractivity contribution in [3.05, 3.63) is 35.7 Å². The average molecular weight is 367 g/mol. The van der Waals surface area contributed by atoms with E-state index in [0.29, 0.717) is 17.0 Å². The summed E-state index contributed by atoms with van der Waals surface area (Å²) in [6.45, 7) is -0.0601. The summed E-state index contributed by atoms with van der Waals surface area (Å²) in [5.74, 6) is -1.71.